The molecule has 1 aromatic rings. The van der Waals surface area contributed by atoms with Crippen LogP contribution in [0.15, 0.2) is 18.2 Å². The average Bonchev–Trinajstić information content (AvgIpc) is 2.45. The van der Waals surface area contributed by atoms with E-state index in [9.17, 15) is 10.1 Å². The second-order valence-corrected chi connectivity index (χ2v) is 5.57. The molecular weight excluding hydrogens is 272 g/mol. The predicted molar refractivity (Wildman–Crippen MR) is 80.9 cm³/mol. The highest BCUT2D eigenvalue weighted by Gasteiger charge is 2.18. The van der Waals surface area contributed by atoms with E-state index in [4.69, 9.17) is 9.47 Å². The van der Waals surface area contributed by atoms with E-state index in [0.717, 1.165) is 38.3 Å². The van der Waals surface area contributed by atoms with Gasteiger partial charge in [0.05, 0.1) is 17.6 Å². The molecule has 1 saturated heterocycles. The Labute approximate surface area is 124 Å². The molecule has 1 heterocycles. The lowest BCUT2D eigenvalue weighted by molar-refractivity contribution is -0.386. The molecule has 0 radical (unpaired) electrons. The summed E-state index contributed by atoms with van der Waals surface area (Å²) in [6.45, 7) is 6.13. The molecule has 1 aliphatic rings. The lowest BCUT2D eigenvalue weighted by Gasteiger charge is -2.22. The van der Waals surface area contributed by atoms with Crippen LogP contribution in [0.5, 0.6) is 5.75 Å². The van der Waals surface area contributed by atoms with Crippen molar-refractivity contribution >= 4 is 11.4 Å². The number of hydrogen-bond acceptors (Lipinski definition) is 5. The summed E-state index contributed by atoms with van der Waals surface area (Å²) in [5, 5.41) is 14.3. The fourth-order valence-corrected chi connectivity index (χ4v) is 2.35. The average molecular weight is 294 g/mol. The molecule has 1 aliphatic heterocycles. The van der Waals surface area contributed by atoms with Crippen molar-refractivity contribution in [2.75, 3.05) is 25.1 Å². The predicted octanol–water partition coefficient (Wildman–Crippen LogP) is 3.22. The zero-order valence-electron chi connectivity index (χ0n) is 12.5. The normalized spacial score (nSPS) is 18.5. The van der Waals surface area contributed by atoms with Crippen LogP contribution in [0, 0.1) is 16.0 Å². The van der Waals surface area contributed by atoms with Gasteiger partial charge >= 0.3 is 5.69 Å². The minimum absolute atomic E-state index is 0.00440. The molecule has 0 bridgehead atoms. The third kappa shape index (κ3) is 4.60. The van der Waals surface area contributed by atoms with E-state index >= 15 is 0 Å². The zero-order chi connectivity index (χ0) is 15.2. The summed E-state index contributed by atoms with van der Waals surface area (Å²) in [6, 6.07) is 4.90. The quantitative estimate of drug-likeness (QED) is 0.644. The van der Waals surface area contributed by atoms with Crippen LogP contribution in [0.1, 0.15) is 26.7 Å². The molecule has 1 atom stereocenters. The number of rotatable bonds is 6. The molecule has 116 valence electrons. The molecule has 1 N–H and O–H groups in total. The molecule has 6 heteroatoms. The van der Waals surface area contributed by atoms with Crippen molar-refractivity contribution in [1.82, 2.24) is 0 Å². The summed E-state index contributed by atoms with van der Waals surface area (Å²) in [5.74, 6) is 0.795. The smallest absolute Gasteiger partial charge is 0.311 e. The fourth-order valence-electron chi connectivity index (χ4n) is 2.35. The van der Waals surface area contributed by atoms with Crippen LogP contribution in [0.25, 0.3) is 0 Å². The lowest BCUT2D eigenvalue weighted by Crippen LogP contribution is -2.24. The first-order valence-electron chi connectivity index (χ1n) is 7.33. The van der Waals surface area contributed by atoms with E-state index in [0.29, 0.717) is 11.7 Å². The molecule has 1 fully saturated rings. The third-order valence-electron chi connectivity index (χ3n) is 3.37. The van der Waals surface area contributed by atoms with Gasteiger partial charge in [0.25, 0.3) is 0 Å². The highest BCUT2D eigenvalue weighted by Crippen LogP contribution is 2.31. The Bertz CT molecular complexity index is 485. The van der Waals surface area contributed by atoms with Gasteiger partial charge < -0.3 is 14.8 Å². The van der Waals surface area contributed by atoms with E-state index in [2.05, 4.69) is 5.32 Å². The SMILES string of the molecule is CC(C)Oc1cc(NCC2CCCOC2)ccc1[N+](=O)[O-]. The van der Waals surface area contributed by atoms with Gasteiger partial charge in [-0.05, 0) is 38.7 Å². The lowest BCUT2D eigenvalue weighted by atomic mass is 10.0. The Hall–Kier alpha value is -1.82. The molecule has 0 aromatic heterocycles. The summed E-state index contributed by atoms with van der Waals surface area (Å²) < 4.78 is 11.0. The maximum absolute atomic E-state index is 11.0. The van der Waals surface area contributed by atoms with Gasteiger partial charge in [-0.1, -0.05) is 0 Å². The second-order valence-electron chi connectivity index (χ2n) is 5.57. The number of ether oxygens (including phenoxy) is 2. The molecule has 0 saturated carbocycles. The van der Waals surface area contributed by atoms with Crippen molar-refractivity contribution in [1.29, 1.82) is 0 Å². The van der Waals surface area contributed by atoms with Gasteiger partial charge in [-0.25, -0.2) is 0 Å². The van der Waals surface area contributed by atoms with Crippen molar-refractivity contribution in [2.45, 2.75) is 32.8 Å². The summed E-state index contributed by atoms with van der Waals surface area (Å²) >= 11 is 0. The molecule has 0 spiro atoms. The molecule has 2 rings (SSSR count). The Morgan fingerprint density at radius 1 is 1.52 bits per heavy atom. The van der Waals surface area contributed by atoms with Crippen LogP contribution in [-0.4, -0.2) is 30.8 Å². The highest BCUT2D eigenvalue weighted by molar-refractivity contribution is 5.58. The topological polar surface area (TPSA) is 73.6 Å². The maximum atomic E-state index is 11.0. The van der Waals surface area contributed by atoms with Crippen LogP contribution in [0.2, 0.25) is 0 Å². The summed E-state index contributed by atoms with van der Waals surface area (Å²) in [7, 11) is 0. The fraction of sp³-hybridized carbons (Fsp3) is 0.600. The van der Waals surface area contributed by atoms with Crippen LogP contribution in [0.3, 0.4) is 0 Å². The summed E-state index contributed by atoms with van der Waals surface area (Å²) in [4.78, 5) is 10.6. The van der Waals surface area contributed by atoms with Crippen LogP contribution in [0.4, 0.5) is 11.4 Å². The minimum atomic E-state index is -0.420. The Morgan fingerprint density at radius 2 is 2.33 bits per heavy atom. The van der Waals surface area contributed by atoms with Gasteiger partial charge in [0.2, 0.25) is 0 Å². The standard InChI is InChI=1S/C15H22N2O4/c1-11(2)21-15-8-13(5-6-14(15)17(18)19)16-9-12-4-3-7-20-10-12/h5-6,8,11-12,16H,3-4,7,9-10H2,1-2H3. The number of nitrogens with one attached hydrogen (secondary N) is 1. The summed E-state index contributed by atoms with van der Waals surface area (Å²) in [6.07, 6.45) is 2.13. The highest BCUT2D eigenvalue weighted by atomic mass is 16.6. The Kier molecular flexibility index (Phi) is 5.38. The number of anilines is 1. The first-order valence-corrected chi connectivity index (χ1v) is 7.33. The van der Waals surface area contributed by atoms with Gasteiger partial charge in [-0.2, -0.15) is 0 Å². The Balaban J connectivity index is 2.03. The van der Waals surface area contributed by atoms with Crippen molar-refractivity contribution in [2.24, 2.45) is 5.92 Å². The van der Waals surface area contributed by atoms with Crippen molar-refractivity contribution in [3.63, 3.8) is 0 Å². The maximum Gasteiger partial charge on any atom is 0.311 e. The zero-order valence-corrected chi connectivity index (χ0v) is 12.5. The molecule has 0 amide bonds. The molecule has 1 unspecified atom stereocenters. The van der Waals surface area contributed by atoms with E-state index in [1.54, 1.807) is 12.1 Å². The number of nitro groups is 1. The van der Waals surface area contributed by atoms with Crippen LogP contribution in [-0.2, 0) is 4.74 Å². The largest absolute Gasteiger partial charge is 0.484 e. The van der Waals surface area contributed by atoms with Crippen LogP contribution < -0.4 is 10.1 Å². The van der Waals surface area contributed by atoms with E-state index < -0.39 is 4.92 Å². The molecule has 6 nitrogen and oxygen atoms in total. The molecular formula is C15H22N2O4. The van der Waals surface area contributed by atoms with E-state index in [-0.39, 0.29) is 11.8 Å². The molecule has 1 aromatic carbocycles. The van der Waals surface area contributed by atoms with Gasteiger partial charge in [0, 0.05) is 31.0 Å². The van der Waals surface area contributed by atoms with Crippen molar-refractivity contribution < 1.29 is 14.4 Å². The second kappa shape index (κ2) is 7.26. The summed E-state index contributed by atoms with van der Waals surface area (Å²) in [5.41, 5.74) is 0.831. The number of benzene rings is 1. The number of hydrogen-bond donors (Lipinski definition) is 1. The molecule has 21 heavy (non-hydrogen) atoms. The van der Waals surface area contributed by atoms with Gasteiger partial charge in [0.1, 0.15) is 0 Å². The van der Waals surface area contributed by atoms with Crippen LogP contribution >= 0.6 is 0 Å². The van der Waals surface area contributed by atoms with Gasteiger partial charge in [-0.3, -0.25) is 10.1 Å². The molecule has 0 aliphatic carbocycles. The first-order chi connectivity index (χ1) is 10.1. The van der Waals surface area contributed by atoms with Crippen molar-refractivity contribution in [3.05, 3.63) is 28.3 Å². The number of nitrogens with zero attached hydrogens (tertiary/aromatic N) is 1. The third-order valence-corrected chi connectivity index (χ3v) is 3.37. The Morgan fingerprint density at radius 3 is 2.95 bits per heavy atom. The van der Waals surface area contributed by atoms with Crippen molar-refractivity contribution in [3.8, 4) is 5.75 Å². The van der Waals surface area contributed by atoms with E-state index in [1.807, 2.05) is 13.8 Å². The number of nitro benzene ring substituents is 1. The monoisotopic (exact) mass is 294 g/mol. The minimum Gasteiger partial charge on any atom is -0.484 e. The first kappa shape index (κ1) is 15.6. The van der Waals surface area contributed by atoms with Gasteiger partial charge in [0.15, 0.2) is 5.75 Å². The van der Waals surface area contributed by atoms with E-state index in [1.165, 1.54) is 6.07 Å². The van der Waals surface area contributed by atoms with Gasteiger partial charge in [-0.15, -0.1) is 0 Å².